The molecule has 3 nitrogen and oxygen atoms in total. The molecule has 1 heterocycles. The van der Waals surface area contributed by atoms with Crippen molar-refractivity contribution in [3.63, 3.8) is 0 Å². The van der Waals surface area contributed by atoms with Crippen LogP contribution in [-0.2, 0) is 9.53 Å². The lowest BCUT2D eigenvalue weighted by Crippen LogP contribution is -2.36. The maximum atomic E-state index is 12.4. The van der Waals surface area contributed by atoms with E-state index >= 15 is 0 Å². The van der Waals surface area contributed by atoms with Crippen molar-refractivity contribution < 1.29 is 14.3 Å². The van der Waals surface area contributed by atoms with Crippen LogP contribution in [0.5, 0.6) is 5.75 Å². The zero-order valence-corrected chi connectivity index (χ0v) is 11.9. The van der Waals surface area contributed by atoms with E-state index in [0.29, 0.717) is 19.6 Å². The van der Waals surface area contributed by atoms with E-state index in [2.05, 4.69) is 6.07 Å². The molecule has 1 aliphatic heterocycles. The highest BCUT2D eigenvalue weighted by Gasteiger charge is 2.32. The predicted octanol–water partition coefficient (Wildman–Crippen LogP) is 3.33. The number of carbonyl (C=O) groups excluding carboxylic acids is 1. The Balaban J connectivity index is 2.11. The SMILES string of the molecule is CCOC(C)(C)C(=O)CC1CCOc2ccccc21. The first-order valence-electron chi connectivity index (χ1n) is 6.93. The maximum Gasteiger partial charge on any atom is 0.164 e. The van der Waals surface area contributed by atoms with Gasteiger partial charge in [0.1, 0.15) is 11.4 Å². The second-order valence-electron chi connectivity index (χ2n) is 5.44. The summed E-state index contributed by atoms with van der Waals surface area (Å²) in [6.45, 7) is 6.86. The number of hydrogen-bond donors (Lipinski definition) is 0. The molecule has 3 heteroatoms. The molecule has 0 radical (unpaired) electrons. The van der Waals surface area contributed by atoms with E-state index in [9.17, 15) is 4.79 Å². The largest absolute Gasteiger partial charge is 0.493 e. The van der Waals surface area contributed by atoms with Crippen LogP contribution in [0.2, 0.25) is 0 Å². The van der Waals surface area contributed by atoms with E-state index in [1.165, 1.54) is 0 Å². The highest BCUT2D eigenvalue weighted by atomic mass is 16.5. The third-order valence-corrected chi connectivity index (χ3v) is 3.69. The number of Topliss-reactive ketones (excluding diaryl/α,β-unsaturated/α-hetero) is 1. The summed E-state index contributed by atoms with van der Waals surface area (Å²) in [7, 11) is 0. The fraction of sp³-hybridized carbons (Fsp3) is 0.562. The van der Waals surface area contributed by atoms with Crippen LogP contribution < -0.4 is 4.74 Å². The number of carbonyl (C=O) groups is 1. The summed E-state index contributed by atoms with van der Waals surface area (Å²) in [5, 5.41) is 0. The number of ether oxygens (including phenoxy) is 2. The van der Waals surface area contributed by atoms with Gasteiger partial charge in [-0.05, 0) is 44.7 Å². The first-order valence-corrected chi connectivity index (χ1v) is 6.93. The van der Waals surface area contributed by atoms with Gasteiger partial charge in [-0.25, -0.2) is 0 Å². The van der Waals surface area contributed by atoms with Crippen molar-refractivity contribution in [1.29, 1.82) is 0 Å². The Morgan fingerprint density at radius 3 is 2.89 bits per heavy atom. The minimum absolute atomic E-state index is 0.163. The van der Waals surface area contributed by atoms with Gasteiger partial charge in [-0.2, -0.15) is 0 Å². The van der Waals surface area contributed by atoms with Gasteiger partial charge in [0, 0.05) is 13.0 Å². The normalized spacial score (nSPS) is 18.6. The Bertz CT molecular complexity index is 451. The fourth-order valence-electron chi connectivity index (χ4n) is 2.54. The van der Waals surface area contributed by atoms with Gasteiger partial charge in [0.25, 0.3) is 0 Å². The molecule has 1 unspecified atom stereocenters. The van der Waals surface area contributed by atoms with Crippen LogP contribution >= 0.6 is 0 Å². The lowest BCUT2D eigenvalue weighted by molar-refractivity contribution is -0.140. The highest BCUT2D eigenvalue weighted by molar-refractivity contribution is 5.87. The predicted molar refractivity (Wildman–Crippen MR) is 74.6 cm³/mol. The van der Waals surface area contributed by atoms with E-state index in [0.717, 1.165) is 17.7 Å². The molecule has 0 aromatic heterocycles. The number of fused-ring (bicyclic) bond motifs is 1. The quantitative estimate of drug-likeness (QED) is 0.816. The number of benzene rings is 1. The number of rotatable bonds is 5. The molecule has 1 aromatic carbocycles. The maximum absolute atomic E-state index is 12.4. The van der Waals surface area contributed by atoms with Crippen molar-refractivity contribution in [3.8, 4) is 5.75 Å². The highest BCUT2D eigenvalue weighted by Crippen LogP contribution is 2.36. The smallest absolute Gasteiger partial charge is 0.164 e. The average Bonchev–Trinajstić information content (AvgIpc) is 2.39. The standard InChI is InChI=1S/C16H22O3/c1-4-19-16(2,3)15(17)11-12-9-10-18-14-8-6-5-7-13(12)14/h5-8,12H,4,9-11H2,1-3H3. The molecule has 0 bridgehead atoms. The minimum atomic E-state index is -0.692. The molecular weight excluding hydrogens is 240 g/mol. The molecule has 2 rings (SSSR count). The molecular formula is C16H22O3. The van der Waals surface area contributed by atoms with Crippen molar-refractivity contribution in [1.82, 2.24) is 0 Å². The van der Waals surface area contributed by atoms with Gasteiger partial charge in [0.15, 0.2) is 5.78 Å². The molecule has 0 N–H and O–H groups in total. The second kappa shape index (κ2) is 5.74. The van der Waals surface area contributed by atoms with Crippen LogP contribution in [0.1, 0.15) is 45.1 Å². The molecule has 1 aromatic rings. The van der Waals surface area contributed by atoms with Crippen LogP contribution in [0.3, 0.4) is 0 Å². The number of ketones is 1. The van der Waals surface area contributed by atoms with Crippen LogP contribution in [0.25, 0.3) is 0 Å². The van der Waals surface area contributed by atoms with Gasteiger partial charge in [-0.3, -0.25) is 4.79 Å². The van der Waals surface area contributed by atoms with E-state index in [1.54, 1.807) is 0 Å². The summed E-state index contributed by atoms with van der Waals surface area (Å²) in [4.78, 5) is 12.4. The summed E-state index contributed by atoms with van der Waals surface area (Å²) in [6.07, 6.45) is 1.42. The van der Waals surface area contributed by atoms with Gasteiger partial charge in [-0.15, -0.1) is 0 Å². The molecule has 0 saturated heterocycles. The topological polar surface area (TPSA) is 35.5 Å². The van der Waals surface area contributed by atoms with Crippen molar-refractivity contribution >= 4 is 5.78 Å². The Kier molecular flexibility index (Phi) is 4.25. The summed E-state index contributed by atoms with van der Waals surface area (Å²) >= 11 is 0. The van der Waals surface area contributed by atoms with Crippen molar-refractivity contribution in [2.45, 2.75) is 45.1 Å². The van der Waals surface area contributed by atoms with Crippen LogP contribution in [-0.4, -0.2) is 24.6 Å². The van der Waals surface area contributed by atoms with Crippen LogP contribution in [0.15, 0.2) is 24.3 Å². The average molecular weight is 262 g/mol. The molecule has 0 spiro atoms. The Morgan fingerprint density at radius 2 is 2.16 bits per heavy atom. The Labute approximate surface area is 114 Å². The molecule has 19 heavy (non-hydrogen) atoms. The fourth-order valence-corrected chi connectivity index (χ4v) is 2.54. The van der Waals surface area contributed by atoms with Gasteiger partial charge in [0.2, 0.25) is 0 Å². The molecule has 0 fully saturated rings. The van der Waals surface area contributed by atoms with Crippen LogP contribution in [0.4, 0.5) is 0 Å². The first-order chi connectivity index (χ1) is 9.04. The van der Waals surface area contributed by atoms with Gasteiger partial charge >= 0.3 is 0 Å². The molecule has 104 valence electrons. The third-order valence-electron chi connectivity index (χ3n) is 3.69. The minimum Gasteiger partial charge on any atom is -0.493 e. The zero-order chi connectivity index (χ0) is 13.9. The third kappa shape index (κ3) is 3.16. The monoisotopic (exact) mass is 262 g/mol. The molecule has 1 atom stereocenters. The number of hydrogen-bond acceptors (Lipinski definition) is 3. The van der Waals surface area contributed by atoms with Crippen LogP contribution in [0, 0.1) is 0 Å². The summed E-state index contributed by atoms with van der Waals surface area (Å²) in [5.74, 6) is 1.33. The molecule has 1 aliphatic rings. The summed E-state index contributed by atoms with van der Waals surface area (Å²) in [5.41, 5.74) is 0.455. The molecule has 0 amide bonds. The molecule has 0 aliphatic carbocycles. The summed E-state index contributed by atoms with van der Waals surface area (Å²) < 4.78 is 11.2. The molecule has 0 saturated carbocycles. The lowest BCUT2D eigenvalue weighted by atomic mass is 9.85. The van der Waals surface area contributed by atoms with E-state index in [-0.39, 0.29) is 11.7 Å². The van der Waals surface area contributed by atoms with E-state index in [1.807, 2.05) is 39.0 Å². The Hall–Kier alpha value is -1.35. The number of para-hydroxylation sites is 1. The van der Waals surface area contributed by atoms with E-state index in [4.69, 9.17) is 9.47 Å². The van der Waals surface area contributed by atoms with Crippen molar-refractivity contribution in [3.05, 3.63) is 29.8 Å². The zero-order valence-electron chi connectivity index (χ0n) is 11.9. The van der Waals surface area contributed by atoms with Crippen molar-refractivity contribution in [2.75, 3.05) is 13.2 Å². The van der Waals surface area contributed by atoms with Gasteiger partial charge in [0.05, 0.1) is 6.61 Å². The van der Waals surface area contributed by atoms with Gasteiger partial charge < -0.3 is 9.47 Å². The first kappa shape index (κ1) is 14.1. The summed E-state index contributed by atoms with van der Waals surface area (Å²) in [6, 6.07) is 7.99. The lowest BCUT2D eigenvalue weighted by Gasteiger charge is -2.29. The van der Waals surface area contributed by atoms with E-state index < -0.39 is 5.60 Å². The van der Waals surface area contributed by atoms with Gasteiger partial charge in [-0.1, -0.05) is 18.2 Å². The second-order valence-corrected chi connectivity index (χ2v) is 5.44. The van der Waals surface area contributed by atoms with Crippen molar-refractivity contribution in [2.24, 2.45) is 0 Å². The Morgan fingerprint density at radius 1 is 1.42 bits per heavy atom.